The van der Waals surface area contributed by atoms with Crippen LogP contribution in [0.3, 0.4) is 0 Å². The monoisotopic (exact) mass is 391 g/mol. The van der Waals surface area contributed by atoms with Crippen LogP contribution in [-0.4, -0.2) is 28.8 Å². The van der Waals surface area contributed by atoms with Gasteiger partial charge in [0.1, 0.15) is 11.8 Å². The van der Waals surface area contributed by atoms with Gasteiger partial charge in [0.2, 0.25) is 0 Å². The molecule has 6 heteroatoms. The van der Waals surface area contributed by atoms with Crippen LogP contribution in [0, 0.1) is 0 Å². The Labute approximate surface area is 170 Å². The van der Waals surface area contributed by atoms with Crippen LogP contribution in [0.5, 0.6) is 5.75 Å². The molecule has 0 N–H and O–H groups in total. The summed E-state index contributed by atoms with van der Waals surface area (Å²) < 4.78 is 6.71. The van der Waals surface area contributed by atoms with Crippen molar-refractivity contribution in [1.82, 2.24) is 9.78 Å². The zero-order chi connectivity index (χ0) is 20.8. The first-order chi connectivity index (χ1) is 14.0. The number of anilines is 1. The van der Waals surface area contributed by atoms with Crippen molar-refractivity contribution in [2.45, 2.75) is 26.8 Å². The Morgan fingerprint density at radius 1 is 1.03 bits per heavy atom. The van der Waals surface area contributed by atoms with Gasteiger partial charge in [-0.2, -0.15) is 5.10 Å². The molecule has 0 aliphatic carbocycles. The van der Waals surface area contributed by atoms with E-state index < -0.39 is 6.04 Å². The van der Waals surface area contributed by atoms with Gasteiger partial charge in [-0.15, -0.1) is 0 Å². The van der Waals surface area contributed by atoms with Gasteiger partial charge in [0, 0.05) is 23.9 Å². The van der Waals surface area contributed by atoms with Crippen molar-refractivity contribution in [3.05, 3.63) is 77.1 Å². The maximum atomic E-state index is 13.1. The predicted octanol–water partition coefficient (Wildman–Crippen LogP) is 3.92. The largest absolute Gasteiger partial charge is 0.494 e. The van der Waals surface area contributed by atoms with E-state index in [9.17, 15) is 9.59 Å². The minimum Gasteiger partial charge on any atom is -0.494 e. The van der Waals surface area contributed by atoms with E-state index in [2.05, 4.69) is 5.10 Å². The molecule has 1 unspecified atom stereocenters. The molecule has 0 radical (unpaired) electrons. The number of hydrogen-bond donors (Lipinski definition) is 0. The Morgan fingerprint density at radius 3 is 2.34 bits per heavy atom. The van der Waals surface area contributed by atoms with Crippen molar-refractivity contribution >= 4 is 11.6 Å². The number of nitrogens with zero attached hydrogens (tertiary/aromatic N) is 3. The molecule has 0 fully saturated rings. The molecule has 1 amide bonds. The summed E-state index contributed by atoms with van der Waals surface area (Å²) in [6.07, 6.45) is 0. The summed E-state index contributed by atoms with van der Waals surface area (Å²) in [4.78, 5) is 27.2. The molecule has 29 heavy (non-hydrogen) atoms. The summed E-state index contributed by atoms with van der Waals surface area (Å²) in [7, 11) is 0. The third kappa shape index (κ3) is 4.54. The van der Waals surface area contributed by atoms with E-state index in [4.69, 9.17) is 4.74 Å². The topological polar surface area (TPSA) is 64.4 Å². The first kappa shape index (κ1) is 20.3. The van der Waals surface area contributed by atoms with Crippen molar-refractivity contribution < 1.29 is 9.53 Å². The number of rotatable bonds is 7. The van der Waals surface area contributed by atoms with Gasteiger partial charge >= 0.3 is 0 Å². The average molecular weight is 391 g/mol. The highest BCUT2D eigenvalue weighted by Crippen LogP contribution is 2.21. The molecule has 1 heterocycles. The lowest BCUT2D eigenvalue weighted by atomic mass is 10.1. The molecule has 0 spiro atoms. The summed E-state index contributed by atoms with van der Waals surface area (Å²) >= 11 is 0. The molecular weight excluding hydrogens is 366 g/mol. The van der Waals surface area contributed by atoms with Gasteiger partial charge in [-0.3, -0.25) is 9.59 Å². The molecule has 0 saturated carbocycles. The highest BCUT2D eigenvalue weighted by atomic mass is 16.5. The SMILES string of the molecule is CCOc1ccc(-c2ccc(=O)n(C(C)C(=O)N(CC)c3ccccc3)n2)cc1. The Bertz CT molecular complexity index is 1010. The van der Waals surface area contributed by atoms with Crippen molar-refractivity contribution in [2.75, 3.05) is 18.1 Å². The first-order valence-electron chi connectivity index (χ1n) is 9.74. The van der Waals surface area contributed by atoms with Gasteiger partial charge in [0.15, 0.2) is 0 Å². The van der Waals surface area contributed by atoms with Gasteiger partial charge in [0.05, 0.1) is 12.3 Å². The van der Waals surface area contributed by atoms with Gasteiger partial charge < -0.3 is 9.64 Å². The molecule has 3 rings (SSSR count). The van der Waals surface area contributed by atoms with Crippen molar-refractivity contribution in [3.63, 3.8) is 0 Å². The molecule has 1 atom stereocenters. The standard InChI is InChI=1S/C23H25N3O3/c1-4-25(19-9-7-6-8-10-19)23(28)17(3)26-22(27)16-15-21(24-26)18-11-13-20(14-12-18)29-5-2/h6-17H,4-5H2,1-3H3. The minimum atomic E-state index is -0.731. The van der Waals surface area contributed by atoms with Gasteiger partial charge in [-0.1, -0.05) is 18.2 Å². The number of hydrogen-bond acceptors (Lipinski definition) is 4. The zero-order valence-electron chi connectivity index (χ0n) is 16.9. The van der Waals surface area contributed by atoms with E-state index in [0.29, 0.717) is 18.8 Å². The van der Waals surface area contributed by atoms with Gasteiger partial charge in [0.25, 0.3) is 11.5 Å². The summed E-state index contributed by atoms with van der Waals surface area (Å²) in [5.41, 5.74) is 1.94. The minimum absolute atomic E-state index is 0.183. The average Bonchev–Trinajstić information content (AvgIpc) is 2.76. The number of likely N-dealkylation sites (N-methyl/N-ethyl adjacent to an activating group) is 1. The molecule has 0 saturated heterocycles. The van der Waals surface area contributed by atoms with E-state index in [1.165, 1.54) is 10.7 Å². The predicted molar refractivity (Wildman–Crippen MR) is 114 cm³/mol. The summed E-state index contributed by atoms with van der Waals surface area (Å²) in [6.45, 7) is 6.63. The van der Waals surface area contributed by atoms with E-state index in [0.717, 1.165) is 17.0 Å². The summed E-state index contributed by atoms with van der Waals surface area (Å²) in [5, 5.41) is 4.47. The number of benzene rings is 2. The quantitative estimate of drug-likeness (QED) is 0.612. The third-order valence-electron chi connectivity index (χ3n) is 4.66. The molecular formula is C23H25N3O3. The lowest BCUT2D eigenvalue weighted by Gasteiger charge is -2.25. The summed E-state index contributed by atoms with van der Waals surface area (Å²) in [6, 6.07) is 19.3. The second kappa shape index (κ2) is 9.19. The number of carbonyl (C=O) groups excluding carboxylic acids is 1. The number of amides is 1. The Balaban J connectivity index is 1.90. The van der Waals surface area contributed by atoms with Gasteiger partial charge in [-0.25, -0.2) is 4.68 Å². The van der Waals surface area contributed by atoms with Crippen LogP contribution in [0.1, 0.15) is 26.8 Å². The molecule has 0 aliphatic heterocycles. The lowest BCUT2D eigenvalue weighted by molar-refractivity contribution is -0.121. The third-order valence-corrected chi connectivity index (χ3v) is 4.66. The molecule has 0 aliphatic rings. The zero-order valence-corrected chi connectivity index (χ0v) is 16.9. The second-order valence-corrected chi connectivity index (χ2v) is 6.55. The van der Waals surface area contributed by atoms with Crippen LogP contribution in [0.25, 0.3) is 11.3 Å². The molecule has 0 bridgehead atoms. The van der Waals surface area contributed by atoms with E-state index in [-0.39, 0.29) is 11.5 Å². The smallest absolute Gasteiger partial charge is 0.267 e. The normalized spacial score (nSPS) is 11.7. The molecule has 3 aromatic rings. The Morgan fingerprint density at radius 2 is 1.72 bits per heavy atom. The van der Waals surface area contributed by atoms with Gasteiger partial charge in [-0.05, 0) is 63.2 Å². The highest BCUT2D eigenvalue weighted by Gasteiger charge is 2.24. The summed E-state index contributed by atoms with van der Waals surface area (Å²) in [5.74, 6) is 0.590. The van der Waals surface area contributed by atoms with Crippen LogP contribution in [0.2, 0.25) is 0 Å². The lowest BCUT2D eigenvalue weighted by Crippen LogP contribution is -2.40. The fourth-order valence-corrected chi connectivity index (χ4v) is 3.15. The maximum absolute atomic E-state index is 13.1. The molecule has 2 aromatic carbocycles. The Kier molecular flexibility index (Phi) is 6.44. The molecule has 150 valence electrons. The van der Waals surface area contributed by atoms with Crippen LogP contribution >= 0.6 is 0 Å². The number of aromatic nitrogens is 2. The van der Waals surface area contributed by atoms with Crippen LogP contribution in [0.4, 0.5) is 5.69 Å². The Hall–Kier alpha value is -3.41. The van der Waals surface area contributed by atoms with E-state index in [1.807, 2.05) is 68.4 Å². The van der Waals surface area contributed by atoms with Crippen LogP contribution in [0.15, 0.2) is 71.5 Å². The molecule has 1 aromatic heterocycles. The fourth-order valence-electron chi connectivity index (χ4n) is 3.15. The van der Waals surface area contributed by atoms with Crippen LogP contribution in [-0.2, 0) is 4.79 Å². The fraction of sp³-hybridized carbons (Fsp3) is 0.261. The van der Waals surface area contributed by atoms with E-state index >= 15 is 0 Å². The molecule has 6 nitrogen and oxygen atoms in total. The number of ether oxygens (including phenoxy) is 1. The van der Waals surface area contributed by atoms with Crippen LogP contribution < -0.4 is 15.2 Å². The van der Waals surface area contributed by atoms with Crippen molar-refractivity contribution in [3.8, 4) is 17.0 Å². The number of para-hydroxylation sites is 1. The second-order valence-electron chi connectivity index (χ2n) is 6.55. The maximum Gasteiger partial charge on any atom is 0.267 e. The first-order valence-corrected chi connectivity index (χ1v) is 9.74. The van der Waals surface area contributed by atoms with E-state index in [1.54, 1.807) is 17.9 Å². The highest BCUT2D eigenvalue weighted by molar-refractivity contribution is 5.95. The number of carbonyl (C=O) groups is 1. The van der Waals surface area contributed by atoms with Crippen molar-refractivity contribution in [1.29, 1.82) is 0 Å². The van der Waals surface area contributed by atoms with Crippen molar-refractivity contribution in [2.24, 2.45) is 0 Å².